The summed E-state index contributed by atoms with van der Waals surface area (Å²) in [5.74, 6) is 6.74. The Hall–Kier alpha value is -0.0800. The van der Waals surface area contributed by atoms with Crippen molar-refractivity contribution in [2.24, 2.45) is 17.2 Å². The molecule has 94 valence electrons. The minimum atomic E-state index is 0.525. The lowest BCUT2D eigenvalue weighted by atomic mass is 9.68. The summed E-state index contributed by atoms with van der Waals surface area (Å²) >= 11 is 0. The Bertz CT molecular complexity index is 203. The number of hydrogen-bond donors (Lipinski definition) is 2. The van der Waals surface area contributed by atoms with Crippen LogP contribution in [0.15, 0.2) is 0 Å². The predicted octanol–water partition coefficient (Wildman–Crippen LogP) is 3.37. The van der Waals surface area contributed by atoms with Gasteiger partial charge in [-0.1, -0.05) is 39.0 Å². The van der Waals surface area contributed by atoms with E-state index in [1.165, 1.54) is 64.2 Å². The molecule has 0 aromatic rings. The molecule has 2 nitrogen and oxygen atoms in total. The molecule has 1 atom stereocenters. The van der Waals surface area contributed by atoms with Crippen LogP contribution in [0.5, 0.6) is 0 Å². The second-order valence-electron chi connectivity index (χ2n) is 5.97. The molecular weight excluding hydrogens is 196 g/mol. The van der Waals surface area contributed by atoms with E-state index in [1.54, 1.807) is 0 Å². The Labute approximate surface area is 100 Å². The summed E-state index contributed by atoms with van der Waals surface area (Å²) < 4.78 is 0. The Balaban J connectivity index is 2.06. The van der Waals surface area contributed by atoms with Crippen LogP contribution < -0.4 is 11.3 Å². The molecule has 0 spiro atoms. The Morgan fingerprint density at radius 3 is 2.25 bits per heavy atom. The molecule has 2 rings (SSSR count). The largest absolute Gasteiger partial charge is 0.271 e. The summed E-state index contributed by atoms with van der Waals surface area (Å²) in [6, 6.07) is 0.584. The minimum absolute atomic E-state index is 0.525. The summed E-state index contributed by atoms with van der Waals surface area (Å²) in [7, 11) is 0. The molecule has 2 saturated carbocycles. The standard InChI is InChI=1S/C14H28N2/c1-2-14(10-6-7-11-14)13(16-15)12-8-4-3-5-9-12/h12-13,16H,2-11,15H2,1H3. The Kier molecular flexibility index (Phi) is 4.26. The van der Waals surface area contributed by atoms with Crippen LogP contribution in [0, 0.1) is 11.3 Å². The van der Waals surface area contributed by atoms with Gasteiger partial charge in [0.05, 0.1) is 0 Å². The maximum absolute atomic E-state index is 5.89. The average molecular weight is 224 g/mol. The molecule has 0 saturated heterocycles. The van der Waals surface area contributed by atoms with Gasteiger partial charge in [0, 0.05) is 6.04 Å². The number of rotatable bonds is 4. The van der Waals surface area contributed by atoms with Gasteiger partial charge in [0.15, 0.2) is 0 Å². The van der Waals surface area contributed by atoms with Crippen LogP contribution >= 0.6 is 0 Å². The van der Waals surface area contributed by atoms with Crippen LogP contribution in [0.1, 0.15) is 71.1 Å². The van der Waals surface area contributed by atoms with Crippen molar-refractivity contribution < 1.29 is 0 Å². The van der Waals surface area contributed by atoms with Crippen molar-refractivity contribution in [1.29, 1.82) is 0 Å². The monoisotopic (exact) mass is 224 g/mol. The minimum Gasteiger partial charge on any atom is -0.271 e. The van der Waals surface area contributed by atoms with E-state index < -0.39 is 0 Å². The van der Waals surface area contributed by atoms with Gasteiger partial charge in [0.1, 0.15) is 0 Å². The third kappa shape index (κ3) is 2.28. The highest BCUT2D eigenvalue weighted by Gasteiger charge is 2.42. The molecule has 2 fully saturated rings. The number of hydrazine groups is 1. The molecule has 16 heavy (non-hydrogen) atoms. The van der Waals surface area contributed by atoms with Gasteiger partial charge in [-0.2, -0.15) is 0 Å². The summed E-state index contributed by atoms with van der Waals surface area (Å²) in [5.41, 5.74) is 3.73. The molecule has 0 heterocycles. The summed E-state index contributed by atoms with van der Waals surface area (Å²) in [5, 5.41) is 0. The van der Waals surface area contributed by atoms with Crippen LogP contribution in [0.2, 0.25) is 0 Å². The first kappa shape index (κ1) is 12.4. The lowest BCUT2D eigenvalue weighted by molar-refractivity contribution is 0.110. The SMILES string of the molecule is CCC1(C(NN)C2CCCCC2)CCCC1. The van der Waals surface area contributed by atoms with Gasteiger partial charge >= 0.3 is 0 Å². The third-order valence-corrected chi connectivity index (χ3v) is 5.26. The first-order chi connectivity index (χ1) is 7.82. The first-order valence-electron chi connectivity index (χ1n) is 7.28. The second kappa shape index (κ2) is 5.50. The van der Waals surface area contributed by atoms with Gasteiger partial charge in [-0.15, -0.1) is 0 Å². The Morgan fingerprint density at radius 2 is 1.75 bits per heavy atom. The number of nitrogens with two attached hydrogens (primary N) is 1. The average Bonchev–Trinajstić information content (AvgIpc) is 2.81. The van der Waals surface area contributed by atoms with Gasteiger partial charge in [0.2, 0.25) is 0 Å². The molecule has 0 aromatic carbocycles. The highest BCUT2D eigenvalue weighted by Crippen LogP contribution is 2.47. The van der Waals surface area contributed by atoms with E-state index in [9.17, 15) is 0 Å². The fourth-order valence-corrected chi connectivity index (χ4v) is 4.24. The smallest absolute Gasteiger partial charge is 0.0295 e. The maximum atomic E-state index is 5.89. The van der Waals surface area contributed by atoms with E-state index in [-0.39, 0.29) is 0 Å². The molecule has 2 heteroatoms. The normalized spacial score (nSPS) is 28.1. The van der Waals surface area contributed by atoms with Gasteiger partial charge in [-0.3, -0.25) is 11.3 Å². The molecule has 0 bridgehead atoms. The number of nitrogens with one attached hydrogen (secondary N) is 1. The van der Waals surface area contributed by atoms with Crippen molar-refractivity contribution in [2.75, 3.05) is 0 Å². The van der Waals surface area contributed by atoms with Gasteiger partial charge in [-0.05, 0) is 43.4 Å². The van der Waals surface area contributed by atoms with Gasteiger partial charge in [-0.25, -0.2) is 0 Å². The highest BCUT2D eigenvalue weighted by atomic mass is 15.2. The van der Waals surface area contributed by atoms with E-state index in [0.717, 1.165) is 5.92 Å². The van der Waals surface area contributed by atoms with E-state index in [0.29, 0.717) is 11.5 Å². The zero-order valence-corrected chi connectivity index (χ0v) is 10.8. The van der Waals surface area contributed by atoms with Gasteiger partial charge < -0.3 is 0 Å². The lowest BCUT2D eigenvalue weighted by Crippen LogP contribution is -2.52. The van der Waals surface area contributed by atoms with E-state index >= 15 is 0 Å². The topological polar surface area (TPSA) is 38.0 Å². The van der Waals surface area contributed by atoms with E-state index in [2.05, 4.69) is 12.3 Å². The van der Waals surface area contributed by atoms with Crippen molar-refractivity contribution in [3.8, 4) is 0 Å². The van der Waals surface area contributed by atoms with E-state index in [4.69, 9.17) is 5.84 Å². The molecule has 0 radical (unpaired) electrons. The molecule has 1 unspecified atom stereocenters. The lowest BCUT2D eigenvalue weighted by Gasteiger charge is -2.42. The van der Waals surface area contributed by atoms with Crippen LogP contribution in [0.25, 0.3) is 0 Å². The molecular formula is C14H28N2. The fraction of sp³-hybridized carbons (Fsp3) is 1.00. The summed E-state index contributed by atoms with van der Waals surface area (Å²) in [6.07, 6.45) is 14.0. The predicted molar refractivity (Wildman–Crippen MR) is 68.9 cm³/mol. The molecule has 2 aliphatic rings. The van der Waals surface area contributed by atoms with Crippen LogP contribution in [-0.2, 0) is 0 Å². The van der Waals surface area contributed by atoms with E-state index in [1.807, 2.05) is 0 Å². The summed E-state index contributed by atoms with van der Waals surface area (Å²) in [4.78, 5) is 0. The molecule has 3 N–H and O–H groups in total. The molecule has 0 aromatic heterocycles. The fourth-order valence-electron chi connectivity index (χ4n) is 4.24. The van der Waals surface area contributed by atoms with Crippen LogP contribution in [-0.4, -0.2) is 6.04 Å². The van der Waals surface area contributed by atoms with Crippen LogP contribution in [0.4, 0.5) is 0 Å². The zero-order chi connectivity index (χ0) is 11.4. The van der Waals surface area contributed by atoms with Crippen molar-refractivity contribution >= 4 is 0 Å². The zero-order valence-electron chi connectivity index (χ0n) is 10.8. The van der Waals surface area contributed by atoms with Crippen molar-refractivity contribution in [3.05, 3.63) is 0 Å². The summed E-state index contributed by atoms with van der Waals surface area (Å²) in [6.45, 7) is 2.36. The van der Waals surface area contributed by atoms with Crippen molar-refractivity contribution in [2.45, 2.75) is 77.2 Å². The molecule has 0 amide bonds. The Morgan fingerprint density at radius 1 is 1.12 bits per heavy atom. The van der Waals surface area contributed by atoms with Crippen molar-refractivity contribution in [3.63, 3.8) is 0 Å². The molecule has 2 aliphatic carbocycles. The van der Waals surface area contributed by atoms with Gasteiger partial charge in [0.25, 0.3) is 0 Å². The second-order valence-corrected chi connectivity index (χ2v) is 5.97. The number of hydrogen-bond acceptors (Lipinski definition) is 2. The third-order valence-electron chi connectivity index (χ3n) is 5.26. The van der Waals surface area contributed by atoms with Crippen molar-refractivity contribution in [1.82, 2.24) is 5.43 Å². The maximum Gasteiger partial charge on any atom is 0.0295 e. The molecule has 0 aliphatic heterocycles. The highest BCUT2D eigenvalue weighted by molar-refractivity contribution is 4.96. The first-order valence-corrected chi connectivity index (χ1v) is 7.28. The quantitative estimate of drug-likeness (QED) is 0.567. The van der Waals surface area contributed by atoms with Crippen LogP contribution in [0.3, 0.4) is 0 Å².